The molecule has 0 radical (unpaired) electrons. The zero-order chi connectivity index (χ0) is 15.4. The molecule has 118 valence electrons. The highest BCUT2D eigenvalue weighted by atomic mass is 16.5. The third-order valence-electron chi connectivity index (χ3n) is 5.81. The Balaban J connectivity index is 1.52. The molecule has 2 aliphatic rings. The summed E-state index contributed by atoms with van der Waals surface area (Å²) in [6.07, 6.45) is 3.17. The summed E-state index contributed by atoms with van der Waals surface area (Å²) in [7, 11) is 1.84. The third kappa shape index (κ3) is 2.09. The molecule has 2 atom stereocenters. The van der Waals surface area contributed by atoms with Crippen LogP contribution in [-0.2, 0) is 11.3 Å². The van der Waals surface area contributed by atoms with Gasteiger partial charge < -0.3 is 4.74 Å². The normalized spacial score (nSPS) is 30.4. The summed E-state index contributed by atoms with van der Waals surface area (Å²) < 4.78 is 5.55. The molecular weight excluding hydrogens is 274 g/mol. The third-order valence-corrected chi connectivity index (χ3v) is 5.81. The van der Waals surface area contributed by atoms with Crippen molar-refractivity contribution in [1.29, 1.82) is 0 Å². The summed E-state index contributed by atoms with van der Waals surface area (Å²) >= 11 is 0. The molecule has 4 rings (SSSR count). The molecule has 0 unspecified atom stereocenters. The molecule has 1 aliphatic carbocycles. The summed E-state index contributed by atoms with van der Waals surface area (Å²) in [5.41, 5.74) is 3.34. The molecule has 4 heteroatoms. The maximum absolute atomic E-state index is 5.55. The number of methoxy groups -OCH3 is 1. The number of hydrogen-bond acceptors (Lipinski definition) is 3. The van der Waals surface area contributed by atoms with Gasteiger partial charge in [0.1, 0.15) is 0 Å². The maximum atomic E-state index is 5.55. The molecule has 0 spiro atoms. The lowest BCUT2D eigenvalue weighted by atomic mass is 9.48. The predicted octanol–water partition coefficient (Wildman–Crippen LogP) is 3.06. The van der Waals surface area contributed by atoms with Gasteiger partial charge >= 0.3 is 0 Å². The Morgan fingerprint density at radius 2 is 2.27 bits per heavy atom. The molecular formula is C18H25N3O. The summed E-state index contributed by atoms with van der Waals surface area (Å²) in [6.45, 7) is 9.09. The summed E-state index contributed by atoms with van der Waals surface area (Å²) in [6, 6.07) is 6.62. The van der Waals surface area contributed by atoms with Crippen LogP contribution in [-0.4, -0.2) is 41.9 Å². The minimum Gasteiger partial charge on any atom is -0.384 e. The number of rotatable bonds is 4. The van der Waals surface area contributed by atoms with Gasteiger partial charge in [0.05, 0.1) is 18.3 Å². The number of likely N-dealkylation sites (tertiary alicyclic amines) is 1. The van der Waals surface area contributed by atoms with E-state index in [1.165, 1.54) is 23.9 Å². The average molecular weight is 299 g/mol. The number of aromatic nitrogens is 2. The number of fused-ring (bicyclic) bond motifs is 2. The second-order valence-electron chi connectivity index (χ2n) is 7.97. The fraction of sp³-hybridized carbons (Fsp3) is 0.611. The number of benzene rings is 1. The Kier molecular flexibility index (Phi) is 3.10. The Hall–Kier alpha value is -1.39. The Morgan fingerprint density at radius 3 is 3.05 bits per heavy atom. The van der Waals surface area contributed by atoms with E-state index in [2.05, 4.69) is 47.1 Å². The lowest BCUT2D eigenvalue weighted by Crippen LogP contribution is -2.55. The highest BCUT2D eigenvalue weighted by Gasteiger charge is 2.62. The van der Waals surface area contributed by atoms with Crippen molar-refractivity contribution in [1.82, 2.24) is 15.1 Å². The first-order chi connectivity index (χ1) is 10.5. The van der Waals surface area contributed by atoms with E-state index in [-0.39, 0.29) is 0 Å². The van der Waals surface area contributed by atoms with E-state index in [0.29, 0.717) is 10.8 Å². The van der Waals surface area contributed by atoms with Crippen molar-refractivity contribution in [2.75, 3.05) is 26.8 Å². The molecule has 1 N–H and O–H groups in total. The smallest absolute Gasteiger partial charge is 0.0653 e. The predicted molar refractivity (Wildman–Crippen MR) is 87.6 cm³/mol. The van der Waals surface area contributed by atoms with E-state index in [4.69, 9.17) is 4.74 Å². The lowest BCUT2D eigenvalue weighted by Gasteiger charge is -2.56. The summed E-state index contributed by atoms with van der Waals surface area (Å²) in [5.74, 6) is 0.760. The van der Waals surface area contributed by atoms with Crippen LogP contribution >= 0.6 is 0 Å². The van der Waals surface area contributed by atoms with Crippen molar-refractivity contribution in [2.24, 2.45) is 16.7 Å². The molecule has 0 amide bonds. The zero-order valence-electron chi connectivity index (χ0n) is 13.7. The van der Waals surface area contributed by atoms with Crippen LogP contribution in [0.5, 0.6) is 0 Å². The number of H-pyrrole nitrogens is 1. The van der Waals surface area contributed by atoms with Gasteiger partial charge in [-0.1, -0.05) is 26.0 Å². The number of aromatic amines is 1. The van der Waals surface area contributed by atoms with Crippen molar-refractivity contribution in [3.8, 4) is 0 Å². The van der Waals surface area contributed by atoms with Crippen molar-refractivity contribution in [3.63, 3.8) is 0 Å². The molecule has 4 nitrogen and oxygen atoms in total. The Labute approximate surface area is 131 Å². The molecule has 22 heavy (non-hydrogen) atoms. The fourth-order valence-corrected chi connectivity index (χ4v) is 5.17. The van der Waals surface area contributed by atoms with Crippen LogP contribution in [0.25, 0.3) is 10.9 Å². The quantitative estimate of drug-likeness (QED) is 0.943. The first kappa shape index (κ1) is 14.2. The number of hydrogen-bond donors (Lipinski definition) is 1. The molecule has 1 saturated heterocycles. The van der Waals surface area contributed by atoms with Crippen molar-refractivity contribution < 1.29 is 4.74 Å². The fourth-order valence-electron chi connectivity index (χ4n) is 5.17. The summed E-state index contributed by atoms with van der Waals surface area (Å²) in [5, 5.41) is 8.36. The van der Waals surface area contributed by atoms with Crippen LogP contribution < -0.4 is 0 Å². The standard InChI is InChI=1S/C18H25N3O/c1-17(2)10-18(12-22-3)11-21(9-16(17)18)8-13-4-5-14-7-19-20-15(14)6-13/h4-7,16H,8-12H2,1-3H3,(H,19,20)/t16-,18-/m1/s1. The SMILES string of the molecule is COC[C@@]12CN(Cc3ccc4cn[nH]c4c3)C[C@@H]1C(C)(C)C2. The minimum atomic E-state index is 0.385. The van der Waals surface area contributed by atoms with Gasteiger partial charge in [0.15, 0.2) is 0 Å². The van der Waals surface area contributed by atoms with Gasteiger partial charge in [-0.3, -0.25) is 10.00 Å². The monoisotopic (exact) mass is 299 g/mol. The molecule has 1 aromatic carbocycles. The highest BCUT2D eigenvalue weighted by Crippen LogP contribution is 2.62. The molecule has 2 heterocycles. The van der Waals surface area contributed by atoms with E-state index in [9.17, 15) is 0 Å². The average Bonchev–Trinajstić information content (AvgIpc) is 3.02. The number of nitrogens with zero attached hydrogens (tertiary/aromatic N) is 2. The molecule has 2 fully saturated rings. The van der Waals surface area contributed by atoms with Crippen LogP contribution in [0.1, 0.15) is 25.8 Å². The van der Waals surface area contributed by atoms with Gasteiger partial charge in [0, 0.05) is 37.5 Å². The minimum absolute atomic E-state index is 0.385. The zero-order valence-corrected chi connectivity index (χ0v) is 13.7. The van der Waals surface area contributed by atoms with Gasteiger partial charge in [-0.05, 0) is 29.4 Å². The van der Waals surface area contributed by atoms with Crippen molar-refractivity contribution >= 4 is 10.9 Å². The van der Waals surface area contributed by atoms with Gasteiger partial charge in [-0.25, -0.2) is 0 Å². The summed E-state index contributed by atoms with van der Waals surface area (Å²) in [4.78, 5) is 2.61. The molecule has 1 aliphatic heterocycles. The van der Waals surface area contributed by atoms with E-state index in [1.54, 1.807) is 0 Å². The van der Waals surface area contributed by atoms with Crippen LogP contribution in [0, 0.1) is 16.7 Å². The van der Waals surface area contributed by atoms with Gasteiger partial charge in [0.25, 0.3) is 0 Å². The number of nitrogens with one attached hydrogen (secondary N) is 1. The first-order valence-corrected chi connectivity index (χ1v) is 8.16. The van der Waals surface area contributed by atoms with Gasteiger partial charge in [-0.15, -0.1) is 0 Å². The molecule has 1 aromatic heterocycles. The van der Waals surface area contributed by atoms with Crippen LogP contribution in [0.2, 0.25) is 0 Å². The Bertz CT molecular complexity index is 692. The van der Waals surface area contributed by atoms with Crippen molar-refractivity contribution in [3.05, 3.63) is 30.0 Å². The van der Waals surface area contributed by atoms with Gasteiger partial charge in [0.2, 0.25) is 0 Å². The second-order valence-corrected chi connectivity index (χ2v) is 7.97. The largest absolute Gasteiger partial charge is 0.384 e. The van der Waals surface area contributed by atoms with E-state index in [0.717, 1.165) is 31.1 Å². The van der Waals surface area contributed by atoms with Crippen molar-refractivity contribution in [2.45, 2.75) is 26.8 Å². The lowest BCUT2D eigenvalue weighted by molar-refractivity contribution is -0.107. The van der Waals surface area contributed by atoms with E-state index < -0.39 is 0 Å². The highest BCUT2D eigenvalue weighted by molar-refractivity contribution is 5.78. The second kappa shape index (κ2) is 4.80. The molecule has 1 saturated carbocycles. The van der Waals surface area contributed by atoms with Crippen LogP contribution in [0.3, 0.4) is 0 Å². The maximum Gasteiger partial charge on any atom is 0.0653 e. The first-order valence-electron chi connectivity index (χ1n) is 8.16. The van der Waals surface area contributed by atoms with E-state index in [1.807, 2.05) is 13.3 Å². The van der Waals surface area contributed by atoms with Crippen LogP contribution in [0.15, 0.2) is 24.4 Å². The Morgan fingerprint density at radius 1 is 1.41 bits per heavy atom. The number of ether oxygens (including phenoxy) is 1. The molecule has 2 aromatic rings. The topological polar surface area (TPSA) is 41.1 Å². The van der Waals surface area contributed by atoms with E-state index >= 15 is 0 Å². The van der Waals surface area contributed by atoms with Crippen LogP contribution in [0.4, 0.5) is 0 Å². The molecule has 0 bridgehead atoms. The van der Waals surface area contributed by atoms with Gasteiger partial charge in [-0.2, -0.15) is 5.10 Å².